The molecular formula is C13H30O3S3Sn. The van der Waals surface area contributed by atoms with Gasteiger partial charge in [-0.15, -0.1) is 0 Å². The molecule has 0 saturated carbocycles. The van der Waals surface area contributed by atoms with Gasteiger partial charge in [-0.05, 0) is 0 Å². The van der Waals surface area contributed by atoms with Crippen molar-refractivity contribution >= 4 is 41.1 Å². The van der Waals surface area contributed by atoms with Gasteiger partial charge in [0.25, 0.3) is 0 Å². The predicted molar refractivity (Wildman–Crippen MR) is 98.5 cm³/mol. The van der Waals surface area contributed by atoms with Crippen LogP contribution < -0.4 is 0 Å². The zero-order valence-electron chi connectivity index (χ0n) is 13.7. The second-order valence-corrected chi connectivity index (χ2v) is 39.8. The third-order valence-electron chi connectivity index (χ3n) is 2.66. The molecule has 0 heterocycles. The normalized spacial score (nSPS) is 12.9. The third-order valence-corrected chi connectivity index (χ3v) is 51.7. The summed E-state index contributed by atoms with van der Waals surface area (Å²) in [7, 11) is 12.0. The topological polar surface area (TPSA) is 27.7 Å². The Kier molecular flexibility index (Phi) is 13.2. The van der Waals surface area contributed by atoms with Gasteiger partial charge in [-0.1, -0.05) is 0 Å². The molecule has 0 N–H and O–H groups in total. The van der Waals surface area contributed by atoms with Crippen LogP contribution in [0.2, 0.25) is 3.43 Å². The summed E-state index contributed by atoms with van der Waals surface area (Å²) in [6.45, 7) is 9.74. The van der Waals surface area contributed by atoms with E-state index in [1.807, 2.05) is 0 Å². The van der Waals surface area contributed by atoms with Crippen LogP contribution in [-0.4, -0.2) is 72.6 Å². The Hall–Kier alpha value is 1.73. The average Bonchev–Trinajstić information content (AvgIpc) is 2.37. The van der Waals surface area contributed by atoms with Gasteiger partial charge in [0.15, 0.2) is 0 Å². The molecule has 0 fully saturated rings. The summed E-state index contributed by atoms with van der Waals surface area (Å²) >= 11 is -2.47. The Morgan fingerprint density at radius 2 is 1.00 bits per heavy atom. The molecule has 0 bridgehead atoms. The Morgan fingerprint density at radius 1 is 0.700 bits per heavy atom. The van der Waals surface area contributed by atoms with Gasteiger partial charge in [-0.25, -0.2) is 0 Å². The molecule has 20 heavy (non-hydrogen) atoms. The van der Waals surface area contributed by atoms with Crippen LogP contribution in [-0.2, 0) is 14.2 Å². The minimum absolute atomic E-state index is 0.393. The Bertz CT molecular complexity index is 211. The Balaban J connectivity index is 4.77. The molecule has 0 aromatic rings. The molecule has 0 spiro atoms. The fourth-order valence-electron chi connectivity index (χ4n) is 1.55. The molecule has 3 nitrogen and oxygen atoms in total. The van der Waals surface area contributed by atoms with Gasteiger partial charge < -0.3 is 0 Å². The first kappa shape index (κ1) is 21.7. The van der Waals surface area contributed by atoms with Crippen molar-refractivity contribution in [1.82, 2.24) is 0 Å². The van der Waals surface area contributed by atoms with Crippen LogP contribution in [0, 0.1) is 0 Å². The Morgan fingerprint density at radius 3 is 1.20 bits per heavy atom. The standard InChI is InChI=1S/C4H9.3C3H8OS.Sn/c1-4(2)3;3*1-4-2-3-5;/h1-3H3;3*5H,2-3H2,1H3;/q;;;;+3/p-3. The predicted octanol–water partition coefficient (Wildman–Crippen LogP) is 3.86. The van der Waals surface area contributed by atoms with E-state index in [0.717, 1.165) is 37.1 Å². The van der Waals surface area contributed by atoms with Gasteiger partial charge in [0.1, 0.15) is 0 Å². The molecule has 0 radical (unpaired) electrons. The van der Waals surface area contributed by atoms with Gasteiger partial charge in [-0.2, -0.15) is 0 Å². The molecule has 0 saturated heterocycles. The number of ether oxygens (including phenoxy) is 3. The van der Waals surface area contributed by atoms with E-state index in [4.69, 9.17) is 14.2 Å². The molecule has 122 valence electrons. The molecule has 0 aliphatic heterocycles. The summed E-state index contributed by atoms with van der Waals surface area (Å²) in [5.41, 5.74) is 0. The number of hydrogen-bond donors (Lipinski definition) is 0. The molecule has 0 aliphatic carbocycles. The molecule has 0 aromatic heterocycles. The molecular weight excluding hydrogens is 419 g/mol. The van der Waals surface area contributed by atoms with Crippen LogP contribution >= 0.6 is 26.8 Å². The molecule has 0 amide bonds. The number of methoxy groups -OCH3 is 3. The zero-order valence-corrected chi connectivity index (χ0v) is 19.0. The number of hydrogen-bond acceptors (Lipinski definition) is 6. The van der Waals surface area contributed by atoms with E-state index in [2.05, 4.69) is 47.6 Å². The fraction of sp³-hybridized carbons (Fsp3) is 1.00. The summed E-state index contributed by atoms with van der Waals surface area (Å²) < 4.78 is 16.1. The summed E-state index contributed by atoms with van der Waals surface area (Å²) in [5.74, 6) is 3.30. The van der Waals surface area contributed by atoms with Gasteiger partial charge >= 0.3 is 138 Å². The van der Waals surface area contributed by atoms with Gasteiger partial charge in [0.05, 0.1) is 0 Å². The van der Waals surface area contributed by atoms with E-state index in [1.165, 1.54) is 0 Å². The first-order chi connectivity index (χ1) is 9.43. The second kappa shape index (κ2) is 12.2. The van der Waals surface area contributed by atoms with E-state index >= 15 is 0 Å². The van der Waals surface area contributed by atoms with Crippen molar-refractivity contribution in [1.29, 1.82) is 0 Å². The second-order valence-electron chi connectivity index (χ2n) is 5.33. The van der Waals surface area contributed by atoms with Crippen molar-refractivity contribution in [3.63, 3.8) is 0 Å². The summed E-state index contributed by atoms with van der Waals surface area (Å²) in [5, 5.41) is 0. The molecule has 0 rings (SSSR count). The summed E-state index contributed by atoms with van der Waals surface area (Å²) in [6, 6.07) is 0. The van der Waals surface area contributed by atoms with E-state index in [0.29, 0.717) is 3.43 Å². The Labute approximate surface area is 137 Å². The van der Waals surface area contributed by atoms with Crippen molar-refractivity contribution in [3.8, 4) is 0 Å². The molecule has 0 unspecified atom stereocenters. The quantitative estimate of drug-likeness (QED) is 0.332. The zero-order chi connectivity index (χ0) is 15.5. The fourth-order valence-corrected chi connectivity index (χ4v) is 42.1. The van der Waals surface area contributed by atoms with Gasteiger partial charge in [-0.3, -0.25) is 0 Å². The average molecular weight is 449 g/mol. The number of rotatable bonds is 12. The third kappa shape index (κ3) is 8.38. The molecule has 7 heteroatoms. The summed E-state index contributed by atoms with van der Waals surface area (Å²) in [4.78, 5) is 0. The van der Waals surface area contributed by atoms with Crippen molar-refractivity contribution < 1.29 is 14.2 Å². The van der Waals surface area contributed by atoms with Crippen LogP contribution in [0.1, 0.15) is 20.8 Å². The first-order valence-electron chi connectivity index (χ1n) is 6.82. The van der Waals surface area contributed by atoms with Crippen LogP contribution in [0.25, 0.3) is 0 Å². The van der Waals surface area contributed by atoms with Crippen molar-refractivity contribution in [2.45, 2.75) is 24.2 Å². The van der Waals surface area contributed by atoms with Crippen molar-refractivity contribution in [3.05, 3.63) is 0 Å². The minimum atomic E-state index is -2.47. The summed E-state index contributed by atoms with van der Waals surface area (Å²) in [6.07, 6.45) is 0. The van der Waals surface area contributed by atoms with Crippen molar-refractivity contribution in [2.24, 2.45) is 0 Å². The molecule has 0 atom stereocenters. The monoisotopic (exact) mass is 450 g/mol. The van der Waals surface area contributed by atoms with E-state index < -0.39 is 14.2 Å². The van der Waals surface area contributed by atoms with E-state index in [9.17, 15) is 0 Å². The van der Waals surface area contributed by atoms with Gasteiger partial charge in [0.2, 0.25) is 0 Å². The van der Waals surface area contributed by atoms with Crippen LogP contribution in [0.15, 0.2) is 0 Å². The SMILES string of the molecule is COCC[S][Sn]([S]CCOC)([S]CCOC)[C](C)(C)C. The molecule has 0 aromatic carbocycles. The van der Waals surface area contributed by atoms with Crippen LogP contribution in [0.5, 0.6) is 0 Å². The van der Waals surface area contributed by atoms with Gasteiger partial charge in [0, 0.05) is 0 Å². The van der Waals surface area contributed by atoms with E-state index in [-0.39, 0.29) is 0 Å². The van der Waals surface area contributed by atoms with E-state index in [1.54, 1.807) is 21.3 Å². The van der Waals surface area contributed by atoms with Crippen LogP contribution in [0.3, 0.4) is 0 Å². The molecule has 0 aliphatic rings. The maximum absolute atomic E-state index is 5.25. The first-order valence-corrected chi connectivity index (χ1v) is 21.7. The van der Waals surface area contributed by atoms with Crippen molar-refractivity contribution in [2.75, 3.05) is 58.4 Å². The van der Waals surface area contributed by atoms with Crippen LogP contribution in [0.4, 0.5) is 0 Å². The maximum atomic E-state index is 5.25.